The van der Waals surface area contributed by atoms with Crippen LogP contribution in [-0.2, 0) is 13.0 Å². The van der Waals surface area contributed by atoms with Gasteiger partial charge in [-0.1, -0.05) is 39.8 Å². The smallest absolute Gasteiger partial charge is 0.0208 e. The zero-order chi connectivity index (χ0) is 13.4. The summed E-state index contributed by atoms with van der Waals surface area (Å²) in [4.78, 5) is 0. The van der Waals surface area contributed by atoms with E-state index >= 15 is 0 Å². The Balaban J connectivity index is 2.43. The van der Waals surface area contributed by atoms with Gasteiger partial charge in [0, 0.05) is 6.54 Å². The van der Waals surface area contributed by atoms with E-state index in [0.29, 0.717) is 0 Å². The molecule has 0 atom stereocenters. The molecule has 0 fully saturated rings. The summed E-state index contributed by atoms with van der Waals surface area (Å²) in [6.45, 7) is 11.2. The predicted octanol–water partition coefficient (Wildman–Crippen LogP) is 4.21. The van der Waals surface area contributed by atoms with E-state index in [1.165, 1.54) is 30.4 Å². The fraction of sp³-hybridized carbons (Fsp3) is 0.647. The Morgan fingerprint density at radius 1 is 1.06 bits per heavy atom. The van der Waals surface area contributed by atoms with E-state index in [0.717, 1.165) is 24.9 Å². The van der Waals surface area contributed by atoms with Crippen LogP contribution in [0.4, 0.5) is 0 Å². The molecule has 0 bridgehead atoms. The molecule has 1 nitrogen and oxygen atoms in total. The van der Waals surface area contributed by atoms with E-state index < -0.39 is 0 Å². The summed E-state index contributed by atoms with van der Waals surface area (Å²) in [5, 5.41) is 3.54. The van der Waals surface area contributed by atoms with Crippen LogP contribution in [0, 0.1) is 17.9 Å². The molecule has 0 aliphatic carbocycles. The molecule has 0 aliphatic rings. The van der Waals surface area contributed by atoms with Gasteiger partial charge in [0.1, 0.15) is 0 Å². The second kappa shape index (κ2) is 8.31. The van der Waals surface area contributed by atoms with Crippen molar-refractivity contribution in [3.63, 3.8) is 0 Å². The number of nitrogens with one attached hydrogen (secondary N) is 1. The molecule has 0 unspecified atom stereocenters. The average molecular weight is 246 g/mol. The van der Waals surface area contributed by atoms with Gasteiger partial charge in [0.2, 0.25) is 0 Å². The van der Waals surface area contributed by atoms with Gasteiger partial charge in [-0.05, 0) is 60.9 Å². The summed E-state index contributed by atoms with van der Waals surface area (Å²) in [6, 6.07) is 9.59. The Hall–Kier alpha value is -0.820. The molecular weight excluding hydrogens is 218 g/mol. The zero-order valence-electron chi connectivity index (χ0n) is 12.4. The molecule has 18 heavy (non-hydrogen) atoms. The van der Waals surface area contributed by atoms with Gasteiger partial charge in [0.15, 0.2) is 0 Å². The summed E-state index contributed by atoms with van der Waals surface area (Å²) in [6.07, 6.45) is 3.70. The number of hydrogen-bond acceptors (Lipinski definition) is 1. The van der Waals surface area contributed by atoms with Gasteiger partial charge in [-0.2, -0.15) is 0 Å². The monoisotopic (exact) mass is 246 g/mol. The molecular formula is C17H28N. The first kappa shape index (κ1) is 15.2. The van der Waals surface area contributed by atoms with Crippen molar-refractivity contribution in [1.29, 1.82) is 0 Å². The largest absolute Gasteiger partial charge is 0.313 e. The fourth-order valence-corrected chi connectivity index (χ4v) is 1.96. The Morgan fingerprint density at radius 2 is 1.78 bits per heavy atom. The Kier molecular flexibility index (Phi) is 7.04. The van der Waals surface area contributed by atoms with E-state index in [1.54, 1.807) is 0 Å². The second-order valence-electron chi connectivity index (χ2n) is 5.99. The molecule has 1 radical (unpaired) electrons. The molecule has 0 saturated carbocycles. The van der Waals surface area contributed by atoms with Crippen LogP contribution in [-0.4, -0.2) is 6.54 Å². The Bertz CT molecular complexity index is 328. The molecule has 0 saturated heterocycles. The lowest BCUT2D eigenvalue weighted by molar-refractivity contribution is 0.535. The summed E-state index contributed by atoms with van der Waals surface area (Å²) in [5.41, 5.74) is 2.90. The van der Waals surface area contributed by atoms with Crippen molar-refractivity contribution in [2.45, 2.75) is 53.5 Å². The Labute approximate surface area is 113 Å². The quantitative estimate of drug-likeness (QED) is 0.677. The van der Waals surface area contributed by atoms with Crippen LogP contribution >= 0.6 is 0 Å². The molecule has 1 aromatic carbocycles. The van der Waals surface area contributed by atoms with Gasteiger partial charge in [-0.3, -0.25) is 0 Å². The van der Waals surface area contributed by atoms with Crippen molar-refractivity contribution in [2.75, 3.05) is 6.54 Å². The van der Waals surface area contributed by atoms with E-state index in [1.807, 2.05) is 6.07 Å². The topological polar surface area (TPSA) is 12.0 Å². The maximum Gasteiger partial charge on any atom is 0.0208 e. The van der Waals surface area contributed by atoms with Crippen molar-refractivity contribution in [3.8, 4) is 0 Å². The van der Waals surface area contributed by atoms with Crippen LogP contribution in [0.3, 0.4) is 0 Å². The minimum atomic E-state index is 0.774. The molecule has 1 heteroatoms. The number of aryl methyl sites for hydroxylation is 1. The standard InChI is InChI=1S/C17H28N/c1-14(2)9-10-16-7-5-6-8-17(16)13-18-12-11-15(3)4/h5,7-8,14-15,18H,9-13H2,1-4H3. The van der Waals surface area contributed by atoms with Crippen LogP contribution in [0.15, 0.2) is 18.2 Å². The van der Waals surface area contributed by atoms with Crippen molar-refractivity contribution < 1.29 is 0 Å². The molecule has 1 N–H and O–H groups in total. The van der Waals surface area contributed by atoms with Gasteiger partial charge < -0.3 is 5.32 Å². The predicted molar refractivity (Wildman–Crippen MR) is 79.6 cm³/mol. The molecule has 1 aromatic rings. The lowest BCUT2D eigenvalue weighted by Crippen LogP contribution is -2.17. The number of rotatable bonds is 8. The molecule has 0 amide bonds. The third-order valence-electron chi connectivity index (χ3n) is 3.26. The summed E-state index contributed by atoms with van der Waals surface area (Å²) >= 11 is 0. The first-order valence-electron chi connectivity index (χ1n) is 7.28. The van der Waals surface area contributed by atoms with E-state index in [9.17, 15) is 0 Å². The van der Waals surface area contributed by atoms with Crippen LogP contribution in [0.1, 0.15) is 51.7 Å². The third kappa shape index (κ3) is 6.20. The first-order valence-corrected chi connectivity index (χ1v) is 7.28. The summed E-state index contributed by atoms with van der Waals surface area (Å²) in [5.74, 6) is 1.55. The molecule has 0 aliphatic heterocycles. The average Bonchev–Trinajstić information content (AvgIpc) is 2.33. The highest BCUT2D eigenvalue weighted by molar-refractivity contribution is 5.26. The van der Waals surface area contributed by atoms with Crippen LogP contribution in [0.2, 0.25) is 0 Å². The SMILES string of the molecule is CC(C)CCNCc1c[c]ccc1CCC(C)C. The van der Waals surface area contributed by atoms with Crippen LogP contribution in [0.25, 0.3) is 0 Å². The maximum absolute atomic E-state index is 3.54. The van der Waals surface area contributed by atoms with Gasteiger partial charge >= 0.3 is 0 Å². The minimum absolute atomic E-state index is 0.774. The van der Waals surface area contributed by atoms with Gasteiger partial charge in [-0.25, -0.2) is 0 Å². The highest BCUT2D eigenvalue weighted by atomic mass is 14.8. The highest BCUT2D eigenvalue weighted by Crippen LogP contribution is 2.13. The number of benzene rings is 1. The maximum atomic E-state index is 3.54. The van der Waals surface area contributed by atoms with E-state index in [-0.39, 0.29) is 0 Å². The zero-order valence-corrected chi connectivity index (χ0v) is 12.4. The van der Waals surface area contributed by atoms with Crippen molar-refractivity contribution in [3.05, 3.63) is 35.4 Å². The van der Waals surface area contributed by atoms with E-state index in [2.05, 4.69) is 51.2 Å². The lowest BCUT2D eigenvalue weighted by Gasteiger charge is -2.12. The first-order chi connectivity index (χ1) is 8.59. The van der Waals surface area contributed by atoms with Crippen molar-refractivity contribution in [2.24, 2.45) is 11.8 Å². The second-order valence-corrected chi connectivity index (χ2v) is 5.99. The Morgan fingerprint density at radius 3 is 2.44 bits per heavy atom. The molecule has 1 rings (SSSR count). The van der Waals surface area contributed by atoms with Gasteiger partial charge in [0.25, 0.3) is 0 Å². The molecule has 0 heterocycles. The lowest BCUT2D eigenvalue weighted by atomic mass is 9.98. The van der Waals surface area contributed by atoms with Crippen molar-refractivity contribution in [1.82, 2.24) is 5.32 Å². The molecule has 0 aromatic heterocycles. The van der Waals surface area contributed by atoms with Gasteiger partial charge in [0.05, 0.1) is 0 Å². The molecule has 0 spiro atoms. The summed E-state index contributed by atoms with van der Waals surface area (Å²) < 4.78 is 0. The fourth-order valence-electron chi connectivity index (χ4n) is 1.96. The third-order valence-corrected chi connectivity index (χ3v) is 3.26. The number of hydrogen-bond donors (Lipinski definition) is 1. The van der Waals surface area contributed by atoms with Gasteiger partial charge in [-0.15, -0.1) is 0 Å². The molecule has 101 valence electrons. The summed E-state index contributed by atoms with van der Waals surface area (Å²) in [7, 11) is 0. The van der Waals surface area contributed by atoms with Crippen molar-refractivity contribution >= 4 is 0 Å². The van der Waals surface area contributed by atoms with Crippen LogP contribution < -0.4 is 5.32 Å². The minimum Gasteiger partial charge on any atom is -0.313 e. The van der Waals surface area contributed by atoms with Crippen LogP contribution in [0.5, 0.6) is 0 Å². The highest BCUT2D eigenvalue weighted by Gasteiger charge is 2.03. The van der Waals surface area contributed by atoms with E-state index in [4.69, 9.17) is 0 Å². The normalized spacial score (nSPS) is 11.4.